The van der Waals surface area contributed by atoms with Gasteiger partial charge in [0.1, 0.15) is 6.54 Å². The lowest BCUT2D eigenvalue weighted by atomic mass is 10.1. The minimum Gasteiger partial charge on any atom is -0.480 e. The number of carboxylic acids is 4. The third-order valence-electron chi connectivity index (χ3n) is 7.25. The number of nitrogens with zero attached hydrogens (tertiary/aromatic N) is 5. The molecule has 4 N–H and O–H groups in total. The SMILES string of the molecule is O=C(O)CN1CCN(CC(=O)O)CCN(CC(=O)N(CC(=O)O)c2ccc(-c3ccccc3)cc2)CCN(CC(=O)O)CC1. The van der Waals surface area contributed by atoms with Crippen molar-refractivity contribution in [3.63, 3.8) is 0 Å². The molecule has 44 heavy (non-hydrogen) atoms. The molecule has 1 fully saturated rings. The molecular weight excluding hydrogens is 574 g/mol. The maximum Gasteiger partial charge on any atom is 0.323 e. The second-order valence-corrected chi connectivity index (χ2v) is 10.6. The molecule has 0 spiro atoms. The molecule has 0 radical (unpaired) electrons. The molecule has 2 aromatic carbocycles. The third-order valence-corrected chi connectivity index (χ3v) is 7.25. The highest BCUT2D eigenvalue weighted by atomic mass is 16.4. The van der Waals surface area contributed by atoms with Gasteiger partial charge < -0.3 is 25.3 Å². The Bertz CT molecular complexity index is 1240. The van der Waals surface area contributed by atoms with Crippen molar-refractivity contribution < 1.29 is 44.4 Å². The zero-order valence-electron chi connectivity index (χ0n) is 24.5. The summed E-state index contributed by atoms with van der Waals surface area (Å²) < 4.78 is 0. The number of carbonyl (C=O) groups is 5. The molecule has 0 aromatic heterocycles. The minimum absolute atomic E-state index is 0.180. The van der Waals surface area contributed by atoms with Crippen LogP contribution in [0.4, 0.5) is 5.69 Å². The third kappa shape index (κ3) is 11.7. The van der Waals surface area contributed by atoms with Crippen molar-refractivity contribution in [2.75, 3.05) is 90.0 Å². The van der Waals surface area contributed by atoms with E-state index in [1.165, 1.54) is 4.90 Å². The first-order valence-corrected chi connectivity index (χ1v) is 14.2. The summed E-state index contributed by atoms with van der Waals surface area (Å²) in [5.41, 5.74) is 2.28. The van der Waals surface area contributed by atoms with Gasteiger partial charge in [-0.1, -0.05) is 42.5 Å². The van der Waals surface area contributed by atoms with Gasteiger partial charge in [-0.15, -0.1) is 0 Å². The van der Waals surface area contributed by atoms with Crippen LogP contribution in [-0.4, -0.2) is 155 Å². The van der Waals surface area contributed by atoms with Crippen LogP contribution in [0, 0.1) is 0 Å². The number of benzene rings is 2. The number of hydrogen-bond donors (Lipinski definition) is 4. The minimum atomic E-state index is -1.19. The highest BCUT2D eigenvalue weighted by Gasteiger charge is 2.24. The van der Waals surface area contributed by atoms with Crippen LogP contribution in [0.25, 0.3) is 11.1 Å². The van der Waals surface area contributed by atoms with Gasteiger partial charge >= 0.3 is 23.9 Å². The summed E-state index contributed by atoms with van der Waals surface area (Å²) in [6.07, 6.45) is 0. The van der Waals surface area contributed by atoms with Crippen molar-refractivity contribution in [3.05, 3.63) is 54.6 Å². The van der Waals surface area contributed by atoms with E-state index in [0.717, 1.165) is 11.1 Å². The summed E-state index contributed by atoms with van der Waals surface area (Å²) in [7, 11) is 0. The zero-order chi connectivity index (χ0) is 32.1. The topological polar surface area (TPSA) is 182 Å². The summed E-state index contributed by atoms with van der Waals surface area (Å²) in [5.74, 6) is -4.82. The summed E-state index contributed by atoms with van der Waals surface area (Å²) in [6.45, 7) is 0.392. The number of amides is 1. The summed E-state index contributed by atoms with van der Waals surface area (Å²) in [5, 5.41) is 37.7. The first kappa shape index (κ1) is 34.1. The molecule has 0 atom stereocenters. The molecule has 1 aliphatic heterocycles. The predicted molar refractivity (Wildman–Crippen MR) is 161 cm³/mol. The molecule has 0 aliphatic carbocycles. The van der Waals surface area contributed by atoms with E-state index in [1.807, 2.05) is 42.5 Å². The lowest BCUT2D eigenvalue weighted by molar-refractivity contribution is -0.140. The molecule has 1 amide bonds. The molecule has 0 saturated carbocycles. The number of carboxylic acid groups (broad SMARTS) is 4. The van der Waals surface area contributed by atoms with E-state index >= 15 is 0 Å². The Kier molecular flexibility index (Phi) is 13.2. The Morgan fingerprint density at radius 3 is 1.23 bits per heavy atom. The van der Waals surface area contributed by atoms with Gasteiger partial charge in [-0.05, 0) is 23.3 Å². The maximum atomic E-state index is 13.6. The number of anilines is 1. The Balaban J connectivity index is 1.80. The van der Waals surface area contributed by atoms with Crippen LogP contribution in [0.3, 0.4) is 0 Å². The van der Waals surface area contributed by atoms with Crippen molar-refractivity contribution in [2.45, 2.75) is 0 Å². The largest absolute Gasteiger partial charge is 0.480 e. The smallest absolute Gasteiger partial charge is 0.323 e. The normalized spacial score (nSPS) is 16.4. The first-order chi connectivity index (χ1) is 21.0. The van der Waals surface area contributed by atoms with Gasteiger partial charge in [-0.3, -0.25) is 43.6 Å². The summed E-state index contributed by atoms with van der Waals surface area (Å²) in [4.78, 5) is 67.6. The van der Waals surface area contributed by atoms with Crippen LogP contribution in [0.2, 0.25) is 0 Å². The van der Waals surface area contributed by atoms with Crippen LogP contribution in [0.5, 0.6) is 0 Å². The molecule has 238 valence electrons. The number of rotatable bonds is 12. The highest BCUT2D eigenvalue weighted by Crippen LogP contribution is 2.23. The summed E-state index contributed by atoms with van der Waals surface area (Å²) in [6, 6.07) is 16.6. The highest BCUT2D eigenvalue weighted by molar-refractivity contribution is 5.98. The van der Waals surface area contributed by atoms with Crippen LogP contribution < -0.4 is 4.90 Å². The molecule has 1 saturated heterocycles. The molecule has 2 aromatic rings. The lowest BCUT2D eigenvalue weighted by Crippen LogP contribution is -2.50. The Morgan fingerprint density at radius 2 is 0.864 bits per heavy atom. The van der Waals surface area contributed by atoms with Gasteiger partial charge in [0.05, 0.1) is 26.2 Å². The molecule has 1 aliphatic rings. The van der Waals surface area contributed by atoms with E-state index in [9.17, 15) is 44.4 Å². The van der Waals surface area contributed by atoms with Gasteiger partial charge in [0, 0.05) is 58.0 Å². The lowest BCUT2D eigenvalue weighted by Gasteiger charge is -2.33. The van der Waals surface area contributed by atoms with Crippen molar-refractivity contribution in [2.24, 2.45) is 0 Å². The summed E-state index contributed by atoms with van der Waals surface area (Å²) >= 11 is 0. The van der Waals surface area contributed by atoms with E-state index in [2.05, 4.69) is 0 Å². The monoisotopic (exact) mass is 613 g/mol. The second kappa shape index (κ2) is 17.1. The second-order valence-electron chi connectivity index (χ2n) is 10.6. The standard InChI is InChI=1S/C30H39N5O9/c36-26(35(22-30(43)44)25-8-6-24(7-9-25)23-4-2-1-3-5-23)18-31-10-12-32(19-27(37)38)14-16-34(21-29(41)42)17-15-33(13-11-31)20-28(39)40/h1-9H,10-22H2,(H,37,38)(H,39,40)(H,41,42)(H,43,44). The quantitative estimate of drug-likeness (QED) is 0.256. The van der Waals surface area contributed by atoms with E-state index in [1.54, 1.807) is 31.7 Å². The van der Waals surface area contributed by atoms with Crippen LogP contribution in [0.15, 0.2) is 54.6 Å². The average molecular weight is 614 g/mol. The fourth-order valence-electron chi connectivity index (χ4n) is 4.98. The predicted octanol–water partition coefficient (Wildman–Crippen LogP) is 0.247. The Labute approximate surface area is 255 Å². The van der Waals surface area contributed by atoms with Crippen LogP contribution in [-0.2, 0) is 24.0 Å². The van der Waals surface area contributed by atoms with Gasteiger partial charge in [0.15, 0.2) is 0 Å². The van der Waals surface area contributed by atoms with Gasteiger partial charge in [0.25, 0.3) is 0 Å². The van der Waals surface area contributed by atoms with Crippen molar-refractivity contribution in [1.82, 2.24) is 19.6 Å². The molecule has 3 rings (SSSR count). The van der Waals surface area contributed by atoms with Crippen molar-refractivity contribution >= 4 is 35.5 Å². The van der Waals surface area contributed by atoms with Crippen LogP contribution in [0.1, 0.15) is 0 Å². The fourth-order valence-corrected chi connectivity index (χ4v) is 4.98. The van der Waals surface area contributed by atoms with Crippen molar-refractivity contribution in [1.29, 1.82) is 0 Å². The van der Waals surface area contributed by atoms with Gasteiger partial charge in [0.2, 0.25) is 5.91 Å². The van der Waals surface area contributed by atoms with Crippen LogP contribution >= 0.6 is 0 Å². The molecule has 0 bridgehead atoms. The van der Waals surface area contributed by atoms with E-state index in [4.69, 9.17) is 0 Å². The molecule has 0 unspecified atom stereocenters. The van der Waals surface area contributed by atoms with E-state index < -0.39 is 36.3 Å². The number of carbonyl (C=O) groups excluding carboxylic acids is 1. The first-order valence-electron chi connectivity index (χ1n) is 14.2. The number of hydrogen-bond acceptors (Lipinski definition) is 9. The Hall–Kier alpha value is -4.37. The molecular formula is C30H39N5O9. The molecule has 1 heterocycles. The number of aliphatic carboxylic acids is 4. The van der Waals surface area contributed by atoms with E-state index in [-0.39, 0.29) is 78.5 Å². The van der Waals surface area contributed by atoms with Crippen molar-refractivity contribution in [3.8, 4) is 11.1 Å². The molecule has 14 nitrogen and oxygen atoms in total. The average Bonchev–Trinajstić information content (AvgIpc) is 2.97. The van der Waals surface area contributed by atoms with Gasteiger partial charge in [-0.25, -0.2) is 0 Å². The maximum absolute atomic E-state index is 13.6. The van der Waals surface area contributed by atoms with Gasteiger partial charge in [-0.2, -0.15) is 0 Å². The Morgan fingerprint density at radius 1 is 0.500 bits per heavy atom. The van der Waals surface area contributed by atoms with E-state index in [0.29, 0.717) is 5.69 Å². The zero-order valence-corrected chi connectivity index (χ0v) is 24.5. The fraction of sp³-hybridized carbons (Fsp3) is 0.433. The molecule has 14 heteroatoms.